The highest BCUT2D eigenvalue weighted by molar-refractivity contribution is 5.87. The Kier molecular flexibility index (Phi) is 5.30. The van der Waals surface area contributed by atoms with Gasteiger partial charge in [-0.2, -0.15) is 13.2 Å². The minimum atomic E-state index is -4.41. The Hall–Kier alpha value is -3.42. The number of nitrogens with zero attached hydrogens (tertiary/aromatic N) is 2. The number of alkyl halides is 3. The first-order valence-electron chi connectivity index (χ1n) is 8.24. The molecule has 1 aromatic carbocycles. The molecule has 8 heteroatoms. The lowest BCUT2D eigenvalue weighted by Crippen LogP contribution is -2.18. The highest BCUT2D eigenvalue weighted by atomic mass is 19.4. The van der Waals surface area contributed by atoms with E-state index < -0.39 is 17.7 Å². The van der Waals surface area contributed by atoms with Crippen LogP contribution in [0.1, 0.15) is 22.5 Å². The van der Waals surface area contributed by atoms with Crippen LogP contribution < -0.4 is 5.56 Å². The summed E-state index contributed by atoms with van der Waals surface area (Å²) in [6, 6.07) is 10.9. The van der Waals surface area contributed by atoms with Crippen LogP contribution in [-0.2, 0) is 22.3 Å². The summed E-state index contributed by atoms with van der Waals surface area (Å²) in [5.74, 6) is -0.703. The van der Waals surface area contributed by atoms with Crippen molar-refractivity contribution in [1.29, 1.82) is 0 Å². The largest absolute Gasteiger partial charge is 0.456 e. The number of carbonyl (C=O) groups excluding carboxylic acids is 1. The lowest BCUT2D eigenvalue weighted by Gasteiger charge is -2.07. The second-order valence-corrected chi connectivity index (χ2v) is 6.01. The first-order chi connectivity index (χ1) is 13.2. The molecule has 3 rings (SSSR count). The van der Waals surface area contributed by atoms with Gasteiger partial charge in [0.25, 0.3) is 5.56 Å². The predicted molar refractivity (Wildman–Crippen MR) is 96.5 cm³/mol. The first-order valence-corrected chi connectivity index (χ1v) is 8.24. The second-order valence-electron chi connectivity index (χ2n) is 6.01. The minimum Gasteiger partial charge on any atom is -0.456 e. The van der Waals surface area contributed by atoms with Crippen molar-refractivity contribution in [3.05, 3.63) is 87.5 Å². The molecule has 0 fully saturated rings. The van der Waals surface area contributed by atoms with Gasteiger partial charge in [-0.15, -0.1) is 0 Å². The highest BCUT2D eigenvalue weighted by Crippen LogP contribution is 2.29. The molecule has 28 heavy (non-hydrogen) atoms. The molecule has 0 aliphatic carbocycles. The monoisotopic (exact) mass is 388 g/mol. The molecule has 0 saturated carbocycles. The summed E-state index contributed by atoms with van der Waals surface area (Å²) in [6.45, 7) is 1.58. The van der Waals surface area contributed by atoms with Crippen LogP contribution >= 0.6 is 0 Å². The van der Waals surface area contributed by atoms with Crippen molar-refractivity contribution < 1.29 is 22.7 Å². The van der Waals surface area contributed by atoms with Gasteiger partial charge in [0.1, 0.15) is 12.3 Å². The fourth-order valence-electron chi connectivity index (χ4n) is 2.58. The lowest BCUT2D eigenvalue weighted by atomic mass is 10.1. The van der Waals surface area contributed by atoms with Gasteiger partial charge in [-0.1, -0.05) is 18.2 Å². The van der Waals surface area contributed by atoms with Crippen molar-refractivity contribution in [3.63, 3.8) is 0 Å². The number of esters is 1. The maximum absolute atomic E-state index is 12.5. The number of rotatable bonds is 4. The summed E-state index contributed by atoms with van der Waals surface area (Å²) >= 11 is 0. The number of benzene rings is 1. The molecule has 144 valence electrons. The molecule has 3 aromatic rings. The third-order valence-electron chi connectivity index (χ3n) is 3.95. The van der Waals surface area contributed by atoms with E-state index in [0.29, 0.717) is 16.9 Å². The first kappa shape index (κ1) is 19.3. The molecule has 0 unspecified atom stereocenters. The summed E-state index contributed by atoms with van der Waals surface area (Å²) in [5, 5.41) is 0. The Balaban J connectivity index is 1.65. The van der Waals surface area contributed by atoms with Crippen molar-refractivity contribution in [2.75, 3.05) is 0 Å². The van der Waals surface area contributed by atoms with Crippen LogP contribution in [0.4, 0.5) is 13.2 Å². The average molecular weight is 388 g/mol. The van der Waals surface area contributed by atoms with E-state index >= 15 is 0 Å². The fraction of sp³-hybridized carbons (Fsp3) is 0.150. The number of fused-ring (bicyclic) bond motifs is 1. The van der Waals surface area contributed by atoms with E-state index in [2.05, 4.69) is 4.98 Å². The fourth-order valence-corrected chi connectivity index (χ4v) is 2.58. The topological polar surface area (TPSA) is 60.7 Å². The Morgan fingerprint density at radius 1 is 1.18 bits per heavy atom. The van der Waals surface area contributed by atoms with Crippen LogP contribution in [0.25, 0.3) is 11.7 Å². The molecule has 0 spiro atoms. The Morgan fingerprint density at radius 3 is 2.57 bits per heavy atom. The molecule has 0 atom stereocenters. The Morgan fingerprint density at radius 2 is 1.89 bits per heavy atom. The molecule has 0 saturated heterocycles. The number of pyridine rings is 1. The number of aromatic nitrogens is 2. The maximum Gasteiger partial charge on any atom is 0.416 e. The summed E-state index contributed by atoms with van der Waals surface area (Å²) < 4.78 is 44.1. The smallest absolute Gasteiger partial charge is 0.416 e. The van der Waals surface area contributed by atoms with Gasteiger partial charge in [-0.05, 0) is 42.8 Å². The molecule has 0 aliphatic rings. The van der Waals surface area contributed by atoms with Gasteiger partial charge >= 0.3 is 12.1 Å². The van der Waals surface area contributed by atoms with E-state index in [1.807, 2.05) is 0 Å². The van der Waals surface area contributed by atoms with E-state index in [4.69, 9.17) is 4.74 Å². The van der Waals surface area contributed by atoms with Crippen molar-refractivity contribution in [2.24, 2.45) is 0 Å². The molecular weight excluding hydrogens is 373 g/mol. The van der Waals surface area contributed by atoms with Crippen LogP contribution in [0.3, 0.4) is 0 Å². The molecule has 0 bridgehead atoms. The molecule has 0 aliphatic heterocycles. The summed E-state index contributed by atoms with van der Waals surface area (Å²) in [7, 11) is 0. The van der Waals surface area contributed by atoms with Crippen LogP contribution in [0.2, 0.25) is 0 Å². The van der Waals surface area contributed by atoms with E-state index in [1.54, 1.807) is 25.1 Å². The lowest BCUT2D eigenvalue weighted by molar-refractivity contribution is -0.139. The van der Waals surface area contributed by atoms with Gasteiger partial charge in [0, 0.05) is 17.8 Å². The van der Waals surface area contributed by atoms with Gasteiger partial charge < -0.3 is 4.74 Å². The molecule has 0 amide bonds. The molecule has 2 heterocycles. The normalized spacial score (nSPS) is 11.9. The zero-order valence-electron chi connectivity index (χ0n) is 14.7. The van der Waals surface area contributed by atoms with Crippen LogP contribution in [0.5, 0.6) is 0 Å². The van der Waals surface area contributed by atoms with Gasteiger partial charge in [0.2, 0.25) is 0 Å². The summed E-state index contributed by atoms with van der Waals surface area (Å²) in [6.07, 6.45) is -1.97. The third-order valence-corrected chi connectivity index (χ3v) is 3.95. The van der Waals surface area contributed by atoms with E-state index in [9.17, 15) is 22.8 Å². The minimum absolute atomic E-state index is 0.199. The molecule has 0 N–H and O–H groups in total. The summed E-state index contributed by atoms with van der Waals surface area (Å²) in [4.78, 5) is 28.3. The highest BCUT2D eigenvalue weighted by Gasteiger charge is 2.29. The number of ether oxygens (including phenoxy) is 1. The number of halogens is 3. The van der Waals surface area contributed by atoms with Crippen molar-refractivity contribution >= 4 is 17.7 Å². The second kappa shape index (κ2) is 7.67. The van der Waals surface area contributed by atoms with Crippen molar-refractivity contribution in [3.8, 4) is 0 Å². The van der Waals surface area contributed by atoms with Gasteiger partial charge in [0.05, 0.1) is 11.3 Å². The number of aryl methyl sites for hydroxylation is 1. The van der Waals surface area contributed by atoms with Gasteiger partial charge in [0.15, 0.2) is 0 Å². The SMILES string of the molecule is Cc1cccc2nc(COC(=O)/C=C/c3ccc(C(F)(F)F)cc3)cc(=O)n12. The molecule has 0 radical (unpaired) electrons. The van der Waals surface area contributed by atoms with Gasteiger partial charge in [-0.3, -0.25) is 9.20 Å². The van der Waals surface area contributed by atoms with Crippen LogP contribution in [-0.4, -0.2) is 15.4 Å². The predicted octanol–water partition coefficient (Wildman–Crippen LogP) is 3.78. The molecule has 5 nitrogen and oxygen atoms in total. The zero-order chi connectivity index (χ0) is 20.3. The standard InChI is InChI=1S/C20H15F3N2O3/c1-13-3-2-4-17-24-16(11-18(26)25(13)17)12-28-19(27)10-7-14-5-8-15(9-6-14)20(21,22)23/h2-11H,12H2,1H3/b10-7+. The van der Waals surface area contributed by atoms with Crippen LogP contribution in [0.15, 0.2) is 59.4 Å². The average Bonchev–Trinajstić information content (AvgIpc) is 2.64. The van der Waals surface area contributed by atoms with Crippen molar-refractivity contribution in [2.45, 2.75) is 19.7 Å². The third kappa shape index (κ3) is 4.46. The number of hydrogen-bond donors (Lipinski definition) is 0. The Bertz CT molecular complexity index is 1100. The summed E-state index contributed by atoms with van der Waals surface area (Å²) in [5.41, 5.74) is 0.844. The van der Waals surface area contributed by atoms with E-state index in [0.717, 1.165) is 23.9 Å². The quantitative estimate of drug-likeness (QED) is 0.504. The van der Waals surface area contributed by atoms with E-state index in [-0.39, 0.29) is 12.2 Å². The molecular formula is C20H15F3N2O3. The van der Waals surface area contributed by atoms with E-state index in [1.165, 1.54) is 28.7 Å². The Labute approximate surface area is 157 Å². The number of hydrogen-bond acceptors (Lipinski definition) is 4. The molecule has 2 aromatic heterocycles. The number of carbonyl (C=O) groups is 1. The van der Waals surface area contributed by atoms with Crippen molar-refractivity contribution in [1.82, 2.24) is 9.38 Å². The zero-order valence-corrected chi connectivity index (χ0v) is 14.7. The van der Waals surface area contributed by atoms with Crippen LogP contribution in [0, 0.1) is 6.92 Å². The van der Waals surface area contributed by atoms with Gasteiger partial charge in [-0.25, -0.2) is 9.78 Å². The maximum atomic E-state index is 12.5.